The zero-order chi connectivity index (χ0) is 16.4. The molecule has 0 radical (unpaired) electrons. The first kappa shape index (κ1) is 23.3. The number of rotatable bonds is 6. The van der Waals surface area contributed by atoms with E-state index >= 15 is 0 Å². The molecule has 0 aromatic carbocycles. The summed E-state index contributed by atoms with van der Waals surface area (Å²) >= 11 is 5.01. The molecule has 0 atom stereocenters. The normalized spacial score (nSPS) is 7.75. The maximum atomic E-state index is 9.99. The summed E-state index contributed by atoms with van der Waals surface area (Å²) in [7, 11) is 0. The maximum absolute atomic E-state index is 9.99. The average Bonchev–Trinajstić information content (AvgIpc) is 2.37. The van der Waals surface area contributed by atoms with Gasteiger partial charge in [0.25, 0.3) is 0 Å². The lowest BCUT2D eigenvalue weighted by molar-refractivity contribution is -0.137. The molecule has 0 aromatic heterocycles. The van der Waals surface area contributed by atoms with Gasteiger partial charge in [-0.3, -0.25) is 14.4 Å². The molecule has 6 nitrogen and oxygen atoms in total. The van der Waals surface area contributed by atoms with Crippen LogP contribution in [-0.2, 0) is 23.9 Å². The van der Waals surface area contributed by atoms with Gasteiger partial charge in [-0.25, -0.2) is 0 Å². The van der Waals surface area contributed by atoms with Crippen LogP contribution in [0.4, 0.5) is 0 Å². The number of esters is 2. The van der Waals surface area contributed by atoms with Crippen LogP contribution in [0.2, 0.25) is 0 Å². The fourth-order valence-electron chi connectivity index (χ4n) is 0.570. The Morgan fingerprint density at radius 3 is 1.80 bits per heavy atom. The smallest absolute Gasteiger partial charge is 0.325 e. The third-order valence-electron chi connectivity index (χ3n) is 1.32. The first-order valence-corrected chi connectivity index (χ1v) is 6.25. The molecule has 0 amide bonds. The standard InChI is InChI=1S/C5H10O2.C4H5ClO2.C4H6O2/c1-2-3-4-5(6)7;1-2-7-4(6)3-5;1-3-6-4(2)5/h2-4H2,1H3,(H,6,7);2H,1,3H2;3H,1H2,2H3. The lowest BCUT2D eigenvalue weighted by Crippen LogP contribution is -1.98. The Bertz CT molecular complexity index is 301. The SMILES string of the molecule is C=COC(=O)CCl.C=COC(C)=O.CCCCC(=O)O. The molecule has 1 N–H and O–H groups in total. The van der Waals surface area contributed by atoms with E-state index in [1.54, 1.807) is 0 Å². The van der Waals surface area contributed by atoms with Gasteiger partial charge in [0.1, 0.15) is 5.88 Å². The topological polar surface area (TPSA) is 89.9 Å². The summed E-state index contributed by atoms with van der Waals surface area (Å²) in [5, 5.41) is 8.04. The van der Waals surface area contributed by atoms with Crippen LogP contribution in [0, 0.1) is 0 Å². The number of alkyl halides is 1. The molecule has 0 aliphatic rings. The molecule has 0 aliphatic heterocycles. The van der Waals surface area contributed by atoms with Gasteiger partial charge in [0, 0.05) is 13.3 Å². The number of ether oxygens (including phenoxy) is 2. The van der Waals surface area contributed by atoms with Gasteiger partial charge in [-0.2, -0.15) is 0 Å². The Kier molecular flexibility index (Phi) is 22.7. The van der Waals surface area contributed by atoms with Gasteiger partial charge in [-0.1, -0.05) is 26.5 Å². The fraction of sp³-hybridized carbons (Fsp3) is 0.462. The maximum Gasteiger partial charge on any atom is 0.325 e. The summed E-state index contributed by atoms with van der Waals surface area (Å²) in [6, 6.07) is 0. The van der Waals surface area contributed by atoms with Crippen molar-refractivity contribution in [2.24, 2.45) is 0 Å². The zero-order valence-corrected chi connectivity index (χ0v) is 12.5. The van der Waals surface area contributed by atoms with E-state index in [9.17, 15) is 14.4 Å². The summed E-state index contributed by atoms with van der Waals surface area (Å²) in [6.45, 7) is 9.60. The number of carboxylic acid groups (broad SMARTS) is 1. The van der Waals surface area contributed by atoms with Crippen molar-refractivity contribution in [1.82, 2.24) is 0 Å². The number of halogens is 1. The summed E-state index contributed by atoms with van der Waals surface area (Å²) in [5.74, 6) is -1.62. The van der Waals surface area contributed by atoms with Crippen LogP contribution in [0.25, 0.3) is 0 Å². The van der Waals surface area contributed by atoms with Gasteiger partial charge in [0.15, 0.2) is 0 Å². The second-order valence-corrected chi connectivity index (χ2v) is 3.33. The van der Waals surface area contributed by atoms with Crippen molar-refractivity contribution < 1.29 is 29.0 Å². The molecule has 0 fully saturated rings. The Labute approximate surface area is 124 Å². The Balaban J connectivity index is -0.000000218. The van der Waals surface area contributed by atoms with Crippen LogP contribution < -0.4 is 0 Å². The van der Waals surface area contributed by atoms with E-state index in [1.807, 2.05) is 6.92 Å². The number of carbonyl (C=O) groups excluding carboxylic acids is 2. The number of unbranched alkanes of at least 4 members (excludes halogenated alkanes) is 1. The van der Waals surface area contributed by atoms with Crippen molar-refractivity contribution in [3.05, 3.63) is 25.7 Å². The number of hydrogen-bond donors (Lipinski definition) is 1. The zero-order valence-electron chi connectivity index (χ0n) is 11.8. The molecular formula is C13H21ClO6. The molecule has 20 heavy (non-hydrogen) atoms. The highest BCUT2D eigenvalue weighted by Gasteiger charge is 1.92. The molecule has 0 heterocycles. The average molecular weight is 309 g/mol. The predicted octanol–water partition coefficient (Wildman–Crippen LogP) is 2.87. The van der Waals surface area contributed by atoms with E-state index in [4.69, 9.17) is 16.7 Å². The van der Waals surface area contributed by atoms with E-state index < -0.39 is 11.9 Å². The van der Waals surface area contributed by atoms with Gasteiger partial charge in [0.05, 0.1) is 12.5 Å². The van der Waals surface area contributed by atoms with Gasteiger partial charge in [-0.15, -0.1) is 11.6 Å². The second-order valence-electron chi connectivity index (χ2n) is 3.06. The Morgan fingerprint density at radius 2 is 1.70 bits per heavy atom. The van der Waals surface area contributed by atoms with Crippen LogP contribution in [-0.4, -0.2) is 28.9 Å². The van der Waals surface area contributed by atoms with Crippen LogP contribution >= 0.6 is 11.6 Å². The molecular weight excluding hydrogens is 288 g/mol. The molecule has 0 bridgehead atoms. The van der Waals surface area contributed by atoms with Crippen molar-refractivity contribution >= 4 is 29.5 Å². The molecule has 0 unspecified atom stereocenters. The highest BCUT2D eigenvalue weighted by Crippen LogP contribution is 1.91. The largest absolute Gasteiger partial charge is 0.481 e. The van der Waals surface area contributed by atoms with Crippen LogP contribution in [0.1, 0.15) is 33.1 Å². The van der Waals surface area contributed by atoms with Gasteiger partial charge < -0.3 is 14.6 Å². The van der Waals surface area contributed by atoms with Crippen molar-refractivity contribution in [3.8, 4) is 0 Å². The fourth-order valence-corrected chi connectivity index (χ4v) is 0.633. The van der Waals surface area contributed by atoms with Crippen molar-refractivity contribution in [2.45, 2.75) is 33.1 Å². The lowest BCUT2D eigenvalue weighted by atomic mass is 10.3. The molecule has 0 saturated carbocycles. The monoisotopic (exact) mass is 308 g/mol. The quantitative estimate of drug-likeness (QED) is 0.461. The van der Waals surface area contributed by atoms with Gasteiger partial charge >= 0.3 is 17.9 Å². The lowest BCUT2D eigenvalue weighted by Gasteiger charge is -1.87. The summed E-state index contributed by atoms with van der Waals surface area (Å²) in [4.78, 5) is 29.5. The van der Waals surface area contributed by atoms with Crippen LogP contribution in [0.3, 0.4) is 0 Å². The number of carboxylic acids is 1. The van der Waals surface area contributed by atoms with Gasteiger partial charge in [0.2, 0.25) is 0 Å². The highest BCUT2D eigenvalue weighted by molar-refractivity contribution is 6.26. The highest BCUT2D eigenvalue weighted by atomic mass is 35.5. The van der Waals surface area contributed by atoms with Crippen molar-refractivity contribution in [3.63, 3.8) is 0 Å². The van der Waals surface area contributed by atoms with E-state index in [0.717, 1.165) is 25.4 Å². The minimum Gasteiger partial charge on any atom is -0.481 e. The summed E-state index contributed by atoms with van der Waals surface area (Å²) in [6.07, 6.45) is 4.23. The van der Waals surface area contributed by atoms with E-state index in [0.29, 0.717) is 6.42 Å². The van der Waals surface area contributed by atoms with E-state index in [-0.39, 0.29) is 11.8 Å². The predicted molar refractivity (Wildman–Crippen MR) is 76.1 cm³/mol. The molecule has 0 spiro atoms. The molecule has 0 aliphatic carbocycles. The Hall–Kier alpha value is -1.82. The first-order chi connectivity index (χ1) is 9.35. The van der Waals surface area contributed by atoms with Crippen molar-refractivity contribution in [2.75, 3.05) is 5.88 Å². The molecule has 116 valence electrons. The Morgan fingerprint density at radius 1 is 1.20 bits per heavy atom. The van der Waals surface area contributed by atoms with Crippen molar-refractivity contribution in [1.29, 1.82) is 0 Å². The van der Waals surface area contributed by atoms with Crippen LogP contribution in [0.5, 0.6) is 0 Å². The number of aliphatic carboxylic acids is 1. The molecule has 0 aromatic rings. The summed E-state index contributed by atoms with van der Waals surface area (Å²) in [5.41, 5.74) is 0. The second kappa shape index (κ2) is 19.5. The third kappa shape index (κ3) is 36.0. The number of carbonyl (C=O) groups is 3. The molecule has 0 rings (SSSR count). The molecule has 0 saturated heterocycles. The van der Waals surface area contributed by atoms with E-state index in [1.165, 1.54) is 6.92 Å². The minimum atomic E-state index is -0.693. The summed E-state index contributed by atoms with van der Waals surface area (Å²) < 4.78 is 8.35. The molecule has 7 heteroatoms. The van der Waals surface area contributed by atoms with E-state index in [2.05, 4.69) is 22.6 Å². The first-order valence-electron chi connectivity index (χ1n) is 5.71. The minimum absolute atomic E-state index is 0.119. The third-order valence-corrected chi connectivity index (χ3v) is 1.54. The van der Waals surface area contributed by atoms with Crippen LogP contribution in [0.15, 0.2) is 25.7 Å². The number of hydrogen-bond acceptors (Lipinski definition) is 5. The van der Waals surface area contributed by atoms with Gasteiger partial charge in [-0.05, 0) is 6.42 Å².